The van der Waals surface area contributed by atoms with Crippen molar-refractivity contribution in [3.63, 3.8) is 0 Å². The zero-order valence-corrected chi connectivity index (χ0v) is 11.8. The van der Waals surface area contributed by atoms with Crippen LogP contribution in [0.4, 0.5) is 4.79 Å². The highest BCUT2D eigenvalue weighted by molar-refractivity contribution is 6.82. The highest BCUT2D eigenvalue weighted by Gasteiger charge is 2.17. The Morgan fingerprint density at radius 2 is 1.95 bits per heavy atom. The minimum Gasteiger partial charge on any atom is -0.489 e. The summed E-state index contributed by atoms with van der Waals surface area (Å²) in [4.78, 5) is 28.9. The summed E-state index contributed by atoms with van der Waals surface area (Å²) in [6.45, 7) is 0. The molecule has 2 aromatic rings. The average Bonchev–Trinajstić information content (AvgIpc) is 2.48. The van der Waals surface area contributed by atoms with Gasteiger partial charge in [0.15, 0.2) is 0 Å². The number of nitrogens with one attached hydrogen (secondary N) is 1. The number of ether oxygens (including phenoxy) is 1. The molecular weight excluding hydrogens is 283 g/mol. The van der Waals surface area contributed by atoms with E-state index in [0.717, 1.165) is 44.2 Å². The Kier molecular flexibility index (Phi) is 3.95. The van der Waals surface area contributed by atoms with Crippen LogP contribution in [0.3, 0.4) is 0 Å². The van der Waals surface area contributed by atoms with Crippen molar-refractivity contribution in [2.75, 3.05) is 0 Å². The van der Waals surface area contributed by atoms with Crippen molar-refractivity contribution in [1.29, 1.82) is 0 Å². The summed E-state index contributed by atoms with van der Waals surface area (Å²) >= 11 is 0. The number of aromatic nitrogens is 2. The van der Waals surface area contributed by atoms with E-state index in [1.54, 1.807) is 24.3 Å². The van der Waals surface area contributed by atoms with Gasteiger partial charge in [-0.05, 0) is 37.8 Å². The highest BCUT2D eigenvalue weighted by atomic mass is 16.5. The lowest BCUT2D eigenvalue weighted by Crippen LogP contribution is -2.21. The number of carbonyl (C=O) groups is 1. The number of aromatic amines is 1. The van der Waals surface area contributed by atoms with Crippen LogP contribution in [0.2, 0.25) is 0 Å². The van der Waals surface area contributed by atoms with Crippen LogP contribution < -0.4 is 15.9 Å². The van der Waals surface area contributed by atoms with E-state index in [1.165, 1.54) is 0 Å². The average molecular weight is 297 g/mol. The lowest BCUT2D eigenvalue weighted by atomic mass is 9.71. The number of nitrogens with zero attached hydrogens (tertiary/aromatic N) is 1. The second kappa shape index (κ2) is 6.05. The first-order chi connectivity index (χ1) is 10.6. The van der Waals surface area contributed by atoms with E-state index in [0.29, 0.717) is 17.1 Å². The summed E-state index contributed by atoms with van der Waals surface area (Å²) in [6, 6.07) is 6.60. The number of carboxylic acid groups (broad SMARTS) is 1. The number of rotatable bonds is 4. The lowest BCUT2D eigenvalue weighted by molar-refractivity contribution is 0.220. The molecule has 1 aliphatic carbocycles. The number of benzene rings is 1. The summed E-state index contributed by atoms with van der Waals surface area (Å²) in [5.74, 6) is -0.138. The molecule has 0 unspecified atom stereocenters. The van der Waals surface area contributed by atoms with E-state index in [9.17, 15) is 9.59 Å². The third-order valence-electron chi connectivity index (χ3n) is 3.57. The zero-order chi connectivity index (χ0) is 15.5. The molecular formula is C15H14BN2O4. The second-order valence-corrected chi connectivity index (χ2v) is 5.16. The molecule has 1 aromatic carbocycles. The maximum Gasteiger partial charge on any atom is 0.348 e. The van der Waals surface area contributed by atoms with Gasteiger partial charge in [-0.25, -0.2) is 4.79 Å². The molecule has 0 atom stereocenters. The first-order valence-corrected chi connectivity index (χ1v) is 7.09. The second-order valence-electron chi connectivity index (χ2n) is 5.16. The fraction of sp³-hybridized carbons (Fsp3) is 0.267. The molecule has 0 bridgehead atoms. The fourth-order valence-electron chi connectivity index (χ4n) is 2.57. The SMILES string of the molecule is O=C(O)[B]c1ccc(Oc2nc(=O)[nH]c3c2CCCC3)cc1. The topological polar surface area (TPSA) is 92.3 Å². The number of hydrogen-bond donors (Lipinski definition) is 2. The number of hydrogen-bond acceptors (Lipinski definition) is 4. The molecule has 111 valence electrons. The molecule has 1 aliphatic rings. The largest absolute Gasteiger partial charge is 0.489 e. The molecule has 0 saturated heterocycles. The van der Waals surface area contributed by atoms with Crippen LogP contribution >= 0.6 is 0 Å². The fourth-order valence-corrected chi connectivity index (χ4v) is 2.57. The van der Waals surface area contributed by atoms with Gasteiger partial charge in [0.25, 0.3) is 7.28 Å². The van der Waals surface area contributed by atoms with Gasteiger partial charge in [0.05, 0.1) is 0 Å². The molecule has 2 N–H and O–H groups in total. The lowest BCUT2D eigenvalue weighted by Gasteiger charge is -2.17. The van der Waals surface area contributed by atoms with E-state index in [1.807, 2.05) is 0 Å². The van der Waals surface area contributed by atoms with Gasteiger partial charge in [-0.2, -0.15) is 4.98 Å². The zero-order valence-electron chi connectivity index (χ0n) is 11.8. The van der Waals surface area contributed by atoms with E-state index in [4.69, 9.17) is 9.84 Å². The van der Waals surface area contributed by atoms with Gasteiger partial charge in [0.1, 0.15) is 5.75 Å². The summed E-state index contributed by atoms with van der Waals surface area (Å²) in [6.07, 6.45) is 3.75. The Morgan fingerprint density at radius 3 is 2.68 bits per heavy atom. The van der Waals surface area contributed by atoms with Crippen molar-refractivity contribution in [3.05, 3.63) is 46.0 Å². The normalized spacial score (nSPS) is 13.3. The van der Waals surface area contributed by atoms with Gasteiger partial charge in [0.2, 0.25) is 11.7 Å². The third-order valence-corrected chi connectivity index (χ3v) is 3.57. The van der Waals surface area contributed by atoms with Crippen molar-refractivity contribution in [1.82, 2.24) is 9.97 Å². The summed E-state index contributed by atoms with van der Waals surface area (Å²) in [5, 5.41) is 8.70. The van der Waals surface area contributed by atoms with Gasteiger partial charge < -0.3 is 14.8 Å². The Morgan fingerprint density at radius 1 is 1.23 bits per heavy atom. The van der Waals surface area contributed by atoms with Crippen LogP contribution in [0.1, 0.15) is 24.1 Å². The first-order valence-electron chi connectivity index (χ1n) is 7.09. The van der Waals surface area contributed by atoms with Crippen molar-refractivity contribution < 1.29 is 14.6 Å². The van der Waals surface area contributed by atoms with Crippen LogP contribution in [-0.2, 0) is 12.8 Å². The highest BCUT2D eigenvalue weighted by Crippen LogP contribution is 2.28. The molecule has 0 fully saturated rings. The third kappa shape index (κ3) is 3.19. The van der Waals surface area contributed by atoms with Crippen LogP contribution in [0.5, 0.6) is 11.6 Å². The number of H-pyrrole nitrogens is 1. The molecule has 0 spiro atoms. The van der Waals surface area contributed by atoms with Crippen molar-refractivity contribution >= 4 is 18.6 Å². The maximum atomic E-state index is 11.6. The van der Waals surface area contributed by atoms with Crippen molar-refractivity contribution in [2.45, 2.75) is 25.7 Å². The van der Waals surface area contributed by atoms with E-state index < -0.39 is 11.6 Å². The smallest absolute Gasteiger partial charge is 0.348 e. The maximum absolute atomic E-state index is 11.6. The predicted octanol–water partition coefficient (Wildman–Crippen LogP) is 1.45. The number of fused-ring (bicyclic) bond motifs is 1. The van der Waals surface area contributed by atoms with Crippen LogP contribution in [0.25, 0.3) is 0 Å². The molecule has 1 aromatic heterocycles. The van der Waals surface area contributed by atoms with Crippen molar-refractivity contribution in [2.24, 2.45) is 0 Å². The minimum absolute atomic E-state index is 0.341. The molecule has 0 saturated carbocycles. The van der Waals surface area contributed by atoms with E-state index in [-0.39, 0.29) is 0 Å². The van der Waals surface area contributed by atoms with Crippen LogP contribution in [0.15, 0.2) is 29.1 Å². The van der Waals surface area contributed by atoms with Gasteiger partial charge in [-0.3, -0.25) is 4.79 Å². The summed E-state index contributed by atoms with van der Waals surface area (Å²) in [5.41, 5.74) is 2.01. The summed E-state index contributed by atoms with van der Waals surface area (Å²) < 4.78 is 5.73. The van der Waals surface area contributed by atoms with Crippen LogP contribution in [-0.4, -0.2) is 28.2 Å². The van der Waals surface area contributed by atoms with Gasteiger partial charge >= 0.3 is 5.69 Å². The first kappa shape index (κ1) is 14.4. The Hall–Kier alpha value is -2.57. The molecule has 7 heteroatoms. The predicted molar refractivity (Wildman–Crippen MR) is 81.4 cm³/mol. The Balaban J connectivity index is 1.85. The standard InChI is InChI=1S/C15H14BN2O4/c19-14(20)16-9-5-7-10(8-6-9)22-13-11-3-1-2-4-12(11)17-15(21)18-13/h5-8H,1-4H2,(H,19,20)(H,17,18,21). The van der Waals surface area contributed by atoms with E-state index >= 15 is 0 Å². The molecule has 1 radical (unpaired) electrons. The molecule has 22 heavy (non-hydrogen) atoms. The molecule has 0 amide bonds. The summed E-state index contributed by atoms with van der Waals surface area (Å²) in [7, 11) is 1.11. The quantitative estimate of drug-likeness (QED) is 0.833. The molecule has 3 rings (SSSR count). The monoisotopic (exact) mass is 297 g/mol. The molecule has 1 heterocycles. The van der Waals surface area contributed by atoms with Crippen molar-refractivity contribution in [3.8, 4) is 11.6 Å². The Bertz CT molecular complexity index is 755. The van der Waals surface area contributed by atoms with E-state index in [2.05, 4.69) is 9.97 Å². The van der Waals surface area contributed by atoms with Gasteiger partial charge in [-0.15, -0.1) is 0 Å². The number of aryl methyl sites for hydroxylation is 1. The minimum atomic E-state index is -1.00. The van der Waals surface area contributed by atoms with Gasteiger partial charge in [0, 0.05) is 11.3 Å². The molecule has 6 nitrogen and oxygen atoms in total. The molecule has 0 aliphatic heterocycles. The van der Waals surface area contributed by atoms with Gasteiger partial charge in [-0.1, -0.05) is 17.6 Å². The Labute approximate surface area is 127 Å². The van der Waals surface area contributed by atoms with Crippen LogP contribution in [0, 0.1) is 0 Å².